The van der Waals surface area contributed by atoms with Crippen molar-refractivity contribution in [3.63, 3.8) is 0 Å². The SMILES string of the molecule is CCn1nnc2c(N3CCCC(C)C3)ncnc21. The zero-order valence-corrected chi connectivity index (χ0v) is 10.9. The van der Waals surface area contributed by atoms with Crippen molar-refractivity contribution in [1.82, 2.24) is 25.0 Å². The van der Waals surface area contributed by atoms with Gasteiger partial charge in [-0.25, -0.2) is 14.6 Å². The van der Waals surface area contributed by atoms with Crippen LogP contribution in [0, 0.1) is 5.92 Å². The Labute approximate surface area is 106 Å². The van der Waals surface area contributed by atoms with Crippen molar-refractivity contribution in [1.29, 1.82) is 0 Å². The van der Waals surface area contributed by atoms with E-state index >= 15 is 0 Å². The maximum absolute atomic E-state index is 4.41. The summed E-state index contributed by atoms with van der Waals surface area (Å²) in [7, 11) is 0. The summed E-state index contributed by atoms with van der Waals surface area (Å²) < 4.78 is 1.81. The van der Waals surface area contributed by atoms with Gasteiger partial charge in [-0.2, -0.15) is 0 Å². The number of nitrogens with zero attached hydrogens (tertiary/aromatic N) is 6. The molecule has 1 fully saturated rings. The number of aryl methyl sites for hydroxylation is 1. The van der Waals surface area contributed by atoms with Gasteiger partial charge in [-0.05, 0) is 25.7 Å². The summed E-state index contributed by atoms with van der Waals surface area (Å²) in [6.45, 7) is 7.20. The Morgan fingerprint density at radius 1 is 1.39 bits per heavy atom. The molecule has 96 valence electrons. The zero-order valence-electron chi connectivity index (χ0n) is 10.9. The molecule has 1 aliphatic heterocycles. The molecule has 1 saturated heterocycles. The van der Waals surface area contributed by atoms with Crippen LogP contribution in [0.15, 0.2) is 6.33 Å². The fraction of sp³-hybridized carbons (Fsp3) is 0.667. The van der Waals surface area contributed by atoms with Crippen LogP contribution in [0.1, 0.15) is 26.7 Å². The number of piperidine rings is 1. The van der Waals surface area contributed by atoms with Crippen molar-refractivity contribution in [2.75, 3.05) is 18.0 Å². The summed E-state index contributed by atoms with van der Waals surface area (Å²) in [6.07, 6.45) is 4.13. The van der Waals surface area contributed by atoms with Crippen LogP contribution in [0.4, 0.5) is 5.82 Å². The molecule has 6 nitrogen and oxygen atoms in total. The second-order valence-corrected chi connectivity index (χ2v) is 4.97. The number of hydrogen-bond donors (Lipinski definition) is 0. The van der Waals surface area contributed by atoms with Crippen molar-refractivity contribution >= 4 is 17.0 Å². The standard InChI is InChI=1S/C12H18N6/c1-3-18-12-10(15-16-18)11(13-8-14-12)17-6-4-5-9(2)7-17/h8-9H,3-7H2,1-2H3. The summed E-state index contributed by atoms with van der Waals surface area (Å²) in [6, 6.07) is 0. The van der Waals surface area contributed by atoms with E-state index in [1.54, 1.807) is 6.33 Å². The lowest BCUT2D eigenvalue weighted by atomic mass is 10.0. The molecule has 2 aromatic rings. The molecule has 0 bridgehead atoms. The second-order valence-electron chi connectivity index (χ2n) is 4.97. The van der Waals surface area contributed by atoms with Crippen molar-refractivity contribution in [2.45, 2.75) is 33.2 Å². The average Bonchev–Trinajstić information content (AvgIpc) is 2.81. The van der Waals surface area contributed by atoms with E-state index < -0.39 is 0 Å². The quantitative estimate of drug-likeness (QED) is 0.803. The Bertz CT molecular complexity index is 548. The Morgan fingerprint density at radius 3 is 3.06 bits per heavy atom. The Morgan fingerprint density at radius 2 is 2.28 bits per heavy atom. The number of rotatable bonds is 2. The lowest BCUT2D eigenvalue weighted by Gasteiger charge is -2.31. The van der Waals surface area contributed by atoms with Gasteiger partial charge in [0.15, 0.2) is 17.0 Å². The predicted octanol–water partition coefficient (Wildman–Crippen LogP) is 1.48. The molecule has 2 aromatic heterocycles. The number of hydrogen-bond acceptors (Lipinski definition) is 5. The minimum atomic E-state index is 0.713. The predicted molar refractivity (Wildman–Crippen MR) is 69.4 cm³/mol. The van der Waals surface area contributed by atoms with Crippen LogP contribution in [0.25, 0.3) is 11.2 Å². The summed E-state index contributed by atoms with van der Waals surface area (Å²) in [4.78, 5) is 11.0. The molecule has 0 aliphatic carbocycles. The maximum atomic E-state index is 4.41. The summed E-state index contributed by atoms with van der Waals surface area (Å²) in [5.74, 6) is 1.65. The zero-order chi connectivity index (χ0) is 12.5. The molecular weight excluding hydrogens is 228 g/mol. The van der Waals surface area contributed by atoms with E-state index in [0.717, 1.165) is 36.6 Å². The van der Waals surface area contributed by atoms with Crippen LogP contribution in [-0.4, -0.2) is 38.1 Å². The first-order valence-corrected chi connectivity index (χ1v) is 6.58. The van der Waals surface area contributed by atoms with Crippen LogP contribution in [0.5, 0.6) is 0 Å². The van der Waals surface area contributed by atoms with Gasteiger partial charge in [0.1, 0.15) is 6.33 Å². The third kappa shape index (κ3) is 1.81. The Balaban J connectivity index is 2.03. The van der Waals surface area contributed by atoms with Gasteiger partial charge in [0.25, 0.3) is 0 Å². The molecule has 0 spiro atoms. The lowest BCUT2D eigenvalue weighted by Crippen LogP contribution is -2.35. The highest BCUT2D eigenvalue weighted by Crippen LogP contribution is 2.25. The fourth-order valence-electron chi connectivity index (χ4n) is 2.61. The minimum absolute atomic E-state index is 0.713. The van der Waals surface area contributed by atoms with Crippen LogP contribution in [-0.2, 0) is 6.54 Å². The Kier molecular flexibility index (Phi) is 2.85. The molecule has 1 aliphatic rings. The normalized spacial score (nSPS) is 20.6. The van der Waals surface area contributed by atoms with Gasteiger partial charge in [-0.3, -0.25) is 0 Å². The van der Waals surface area contributed by atoms with Crippen molar-refractivity contribution in [3.8, 4) is 0 Å². The fourth-order valence-corrected chi connectivity index (χ4v) is 2.61. The third-order valence-electron chi connectivity index (χ3n) is 3.54. The number of anilines is 1. The smallest absolute Gasteiger partial charge is 0.183 e. The van der Waals surface area contributed by atoms with E-state index in [1.165, 1.54) is 12.8 Å². The van der Waals surface area contributed by atoms with Gasteiger partial charge in [0.05, 0.1) is 0 Å². The van der Waals surface area contributed by atoms with Gasteiger partial charge in [0, 0.05) is 19.6 Å². The highest BCUT2D eigenvalue weighted by molar-refractivity contribution is 5.82. The lowest BCUT2D eigenvalue weighted by molar-refractivity contribution is 0.445. The average molecular weight is 246 g/mol. The van der Waals surface area contributed by atoms with E-state index in [-0.39, 0.29) is 0 Å². The third-order valence-corrected chi connectivity index (χ3v) is 3.54. The monoisotopic (exact) mass is 246 g/mol. The van der Waals surface area contributed by atoms with Gasteiger partial charge in [0.2, 0.25) is 0 Å². The number of fused-ring (bicyclic) bond motifs is 1. The van der Waals surface area contributed by atoms with Crippen LogP contribution in [0.3, 0.4) is 0 Å². The van der Waals surface area contributed by atoms with Gasteiger partial charge in [-0.1, -0.05) is 12.1 Å². The van der Waals surface area contributed by atoms with Crippen LogP contribution < -0.4 is 4.90 Å². The largest absolute Gasteiger partial charge is 0.354 e. The summed E-state index contributed by atoms with van der Waals surface area (Å²) in [5, 5.41) is 8.36. The molecule has 0 saturated carbocycles. The first kappa shape index (κ1) is 11.4. The van der Waals surface area contributed by atoms with E-state index in [0.29, 0.717) is 5.92 Å². The molecule has 0 N–H and O–H groups in total. The number of aromatic nitrogens is 5. The minimum Gasteiger partial charge on any atom is -0.354 e. The van der Waals surface area contributed by atoms with Crippen LogP contribution in [0.2, 0.25) is 0 Å². The molecule has 18 heavy (non-hydrogen) atoms. The first-order chi connectivity index (χ1) is 8.79. The van der Waals surface area contributed by atoms with E-state index in [9.17, 15) is 0 Å². The Hall–Kier alpha value is -1.72. The first-order valence-electron chi connectivity index (χ1n) is 6.58. The molecular formula is C12H18N6. The molecule has 1 unspecified atom stereocenters. The van der Waals surface area contributed by atoms with Crippen molar-refractivity contribution in [2.24, 2.45) is 5.92 Å². The van der Waals surface area contributed by atoms with E-state index in [1.807, 2.05) is 11.6 Å². The van der Waals surface area contributed by atoms with Gasteiger partial charge >= 0.3 is 0 Å². The van der Waals surface area contributed by atoms with E-state index in [2.05, 4.69) is 32.1 Å². The van der Waals surface area contributed by atoms with Gasteiger partial charge < -0.3 is 4.90 Å². The molecule has 1 atom stereocenters. The van der Waals surface area contributed by atoms with Crippen molar-refractivity contribution < 1.29 is 0 Å². The molecule has 6 heteroatoms. The van der Waals surface area contributed by atoms with E-state index in [4.69, 9.17) is 0 Å². The molecule has 0 amide bonds. The van der Waals surface area contributed by atoms with Crippen LogP contribution >= 0.6 is 0 Å². The van der Waals surface area contributed by atoms with Gasteiger partial charge in [-0.15, -0.1) is 5.10 Å². The summed E-state index contributed by atoms with van der Waals surface area (Å²) >= 11 is 0. The molecule has 0 aromatic carbocycles. The van der Waals surface area contributed by atoms with Crippen molar-refractivity contribution in [3.05, 3.63) is 6.33 Å². The molecule has 3 rings (SSSR count). The topological polar surface area (TPSA) is 59.7 Å². The highest BCUT2D eigenvalue weighted by atomic mass is 15.4. The maximum Gasteiger partial charge on any atom is 0.183 e. The second kappa shape index (κ2) is 4.51. The molecule has 3 heterocycles. The summed E-state index contributed by atoms with van der Waals surface area (Å²) in [5.41, 5.74) is 1.66. The highest BCUT2D eigenvalue weighted by Gasteiger charge is 2.21. The molecule has 0 radical (unpaired) electrons.